The molecule has 0 saturated heterocycles. The van der Waals surface area contributed by atoms with Gasteiger partial charge in [-0.2, -0.15) is 0 Å². The van der Waals surface area contributed by atoms with Crippen LogP contribution in [0, 0.1) is 11.8 Å². The van der Waals surface area contributed by atoms with Gasteiger partial charge in [-0.05, 0) is 60.6 Å². The van der Waals surface area contributed by atoms with Crippen LogP contribution in [-0.4, -0.2) is 50.1 Å². The SMILES string of the molecule is CCOc1cccc(-c2ccc(O)c3c2CC2CC4CC(=O)C(C(N)=O)=C(O)C4(O)C(=O)C2=C3O)c1. The Bertz CT molecular complexity index is 1400. The third kappa shape index (κ3) is 3.23. The molecular formula is C27H25NO8. The highest BCUT2D eigenvalue weighted by Gasteiger charge is 2.60. The molecule has 2 aromatic carbocycles. The van der Waals surface area contributed by atoms with Gasteiger partial charge in [0.2, 0.25) is 5.78 Å². The monoisotopic (exact) mass is 491 g/mol. The first-order chi connectivity index (χ1) is 17.1. The maximum absolute atomic E-state index is 13.6. The van der Waals surface area contributed by atoms with Gasteiger partial charge in [-0.1, -0.05) is 18.2 Å². The van der Waals surface area contributed by atoms with E-state index in [0.29, 0.717) is 17.9 Å². The van der Waals surface area contributed by atoms with Gasteiger partial charge in [-0.3, -0.25) is 14.4 Å². The van der Waals surface area contributed by atoms with E-state index in [0.717, 1.165) is 11.1 Å². The molecule has 3 aliphatic carbocycles. The minimum Gasteiger partial charge on any atom is -0.508 e. The van der Waals surface area contributed by atoms with Gasteiger partial charge < -0.3 is 30.9 Å². The molecule has 3 atom stereocenters. The van der Waals surface area contributed by atoms with Crippen LogP contribution < -0.4 is 10.5 Å². The lowest BCUT2D eigenvalue weighted by molar-refractivity contribution is -0.147. The summed E-state index contributed by atoms with van der Waals surface area (Å²) in [7, 11) is 0. The maximum atomic E-state index is 13.6. The second-order valence-electron chi connectivity index (χ2n) is 9.35. The number of aromatic hydroxyl groups is 1. The fraction of sp³-hybridized carbons (Fsp3) is 0.296. The molecule has 186 valence electrons. The third-order valence-corrected chi connectivity index (χ3v) is 7.40. The van der Waals surface area contributed by atoms with E-state index in [1.54, 1.807) is 6.07 Å². The summed E-state index contributed by atoms with van der Waals surface area (Å²) in [6.45, 7) is 2.35. The minimum absolute atomic E-state index is 0.0569. The van der Waals surface area contributed by atoms with Crippen LogP contribution in [0.15, 0.2) is 53.3 Å². The molecule has 0 aromatic heterocycles. The van der Waals surface area contributed by atoms with Crippen molar-refractivity contribution in [2.24, 2.45) is 17.6 Å². The second kappa shape index (κ2) is 8.23. The molecule has 1 amide bonds. The number of carbonyl (C=O) groups is 3. The molecule has 6 N–H and O–H groups in total. The number of aliphatic hydroxyl groups excluding tert-OH is 2. The fourth-order valence-corrected chi connectivity index (χ4v) is 5.81. The number of fused-ring (bicyclic) bond motifs is 3. The molecule has 0 heterocycles. The van der Waals surface area contributed by atoms with Crippen molar-refractivity contribution in [2.45, 2.75) is 31.8 Å². The van der Waals surface area contributed by atoms with Crippen molar-refractivity contribution in [2.75, 3.05) is 6.61 Å². The van der Waals surface area contributed by atoms with Crippen LogP contribution in [0.4, 0.5) is 0 Å². The Hall–Kier alpha value is -4.11. The van der Waals surface area contributed by atoms with E-state index in [4.69, 9.17) is 10.5 Å². The summed E-state index contributed by atoms with van der Waals surface area (Å²) in [4.78, 5) is 37.8. The van der Waals surface area contributed by atoms with Gasteiger partial charge in [0.05, 0.1) is 12.2 Å². The zero-order valence-electron chi connectivity index (χ0n) is 19.4. The van der Waals surface area contributed by atoms with E-state index in [1.807, 2.05) is 31.2 Å². The van der Waals surface area contributed by atoms with Crippen molar-refractivity contribution in [1.82, 2.24) is 0 Å². The number of hydrogen-bond donors (Lipinski definition) is 5. The first-order valence-corrected chi connectivity index (χ1v) is 11.6. The summed E-state index contributed by atoms with van der Waals surface area (Å²) in [5.74, 6) is -5.81. The number of rotatable bonds is 4. The fourth-order valence-electron chi connectivity index (χ4n) is 5.81. The number of primary amides is 1. The molecule has 3 aliphatic rings. The number of phenolic OH excluding ortho intramolecular Hbond substituents is 1. The molecule has 3 unspecified atom stereocenters. The highest BCUT2D eigenvalue weighted by atomic mass is 16.5. The molecule has 9 heteroatoms. The van der Waals surface area contributed by atoms with Gasteiger partial charge in [0, 0.05) is 17.9 Å². The Morgan fingerprint density at radius 3 is 2.58 bits per heavy atom. The molecular weight excluding hydrogens is 466 g/mol. The number of ketones is 2. The number of benzene rings is 2. The molecule has 1 fully saturated rings. The molecule has 1 saturated carbocycles. The normalized spacial score (nSPS) is 25.3. The maximum Gasteiger partial charge on any atom is 0.255 e. The van der Waals surface area contributed by atoms with Crippen LogP contribution in [0.5, 0.6) is 11.5 Å². The van der Waals surface area contributed by atoms with Crippen molar-refractivity contribution in [3.63, 3.8) is 0 Å². The summed E-state index contributed by atoms with van der Waals surface area (Å²) >= 11 is 0. The number of hydrogen-bond acceptors (Lipinski definition) is 8. The van der Waals surface area contributed by atoms with E-state index in [2.05, 4.69) is 0 Å². The van der Waals surface area contributed by atoms with E-state index < -0.39 is 52.0 Å². The van der Waals surface area contributed by atoms with Gasteiger partial charge in [0.25, 0.3) is 5.91 Å². The van der Waals surface area contributed by atoms with Crippen LogP contribution >= 0.6 is 0 Å². The zero-order valence-corrected chi connectivity index (χ0v) is 19.4. The van der Waals surface area contributed by atoms with Crippen molar-refractivity contribution in [3.8, 4) is 22.6 Å². The number of carbonyl (C=O) groups excluding carboxylic acids is 3. The predicted molar refractivity (Wildman–Crippen MR) is 128 cm³/mol. The van der Waals surface area contributed by atoms with Crippen LogP contribution in [0.25, 0.3) is 16.9 Å². The zero-order chi connectivity index (χ0) is 25.9. The van der Waals surface area contributed by atoms with Gasteiger partial charge >= 0.3 is 0 Å². The summed E-state index contributed by atoms with van der Waals surface area (Å²) in [6, 6.07) is 10.5. The number of Topliss-reactive ketones (excluding diaryl/α,β-unsaturated/α-hetero) is 2. The molecule has 0 radical (unpaired) electrons. The number of amides is 1. The van der Waals surface area contributed by atoms with Gasteiger partial charge in [0.1, 0.15) is 28.6 Å². The molecule has 36 heavy (non-hydrogen) atoms. The van der Waals surface area contributed by atoms with Crippen molar-refractivity contribution < 1.29 is 39.5 Å². The summed E-state index contributed by atoms with van der Waals surface area (Å²) in [6.07, 6.45) is -0.0424. The smallest absolute Gasteiger partial charge is 0.255 e. The first-order valence-electron chi connectivity index (χ1n) is 11.6. The largest absolute Gasteiger partial charge is 0.508 e. The molecule has 9 nitrogen and oxygen atoms in total. The molecule has 2 aromatic rings. The van der Waals surface area contributed by atoms with Crippen LogP contribution in [0.3, 0.4) is 0 Å². The number of ether oxygens (including phenoxy) is 1. The van der Waals surface area contributed by atoms with Crippen molar-refractivity contribution >= 4 is 23.2 Å². The highest BCUT2D eigenvalue weighted by Crippen LogP contribution is 2.53. The average Bonchev–Trinajstić information content (AvgIpc) is 2.81. The van der Waals surface area contributed by atoms with Gasteiger partial charge in [0.15, 0.2) is 11.4 Å². The van der Waals surface area contributed by atoms with Crippen molar-refractivity contribution in [3.05, 3.63) is 64.4 Å². The number of aliphatic hydroxyl groups is 3. The highest BCUT2D eigenvalue weighted by molar-refractivity contribution is 6.22. The standard InChI is InChI=1S/C27H25NO8/c1-2-36-15-5-3-4-12(9-15)16-6-7-18(29)21-17(16)10-13-8-14-11-19(30)22(26(28)34)25(33)27(14,35)24(32)20(13)23(21)31/h3-7,9,13-14,29,31,33,35H,2,8,10-11H2,1H3,(H2,28,34). The van der Waals surface area contributed by atoms with E-state index in [-0.39, 0.29) is 36.1 Å². The van der Waals surface area contributed by atoms with Gasteiger partial charge in [-0.15, -0.1) is 0 Å². The van der Waals surface area contributed by atoms with Crippen LogP contribution in [0.1, 0.15) is 30.9 Å². The van der Waals surface area contributed by atoms with Gasteiger partial charge in [-0.25, -0.2) is 0 Å². The molecule has 0 spiro atoms. The van der Waals surface area contributed by atoms with E-state index >= 15 is 0 Å². The lowest BCUT2D eigenvalue weighted by Crippen LogP contribution is -2.58. The Morgan fingerprint density at radius 2 is 1.89 bits per heavy atom. The lowest BCUT2D eigenvalue weighted by atomic mass is 9.59. The molecule has 0 aliphatic heterocycles. The summed E-state index contributed by atoms with van der Waals surface area (Å²) in [5, 5.41) is 43.9. The third-order valence-electron chi connectivity index (χ3n) is 7.40. The average molecular weight is 491 g/mol. The predicted octanol–water partition coefficient (Wildman–Crippen LogP) is 2.49. The molecule has 5 rings (SSSR count). The first kappa shape index (κ1) is 23.6. The summed E-state index contributed by atoms with van der Waals surface area (Å²) in [5.41, 5.74) is 3.83. The van der Waals surface area contributed by atoms with E-state index in [9.17, 15) is 34.8 Å². The lowest BCUT2D eigenvalue weighted by Gasteiger charge is -2.46. The number of phenols is 1. The number of nitrogens with two attached hydrogens (primary N) is 1. The Morgan fingerprint density at radius 1 is 1.14 bits per heavy atom. The summed E-state index contributed by atoms with van der Waals surface area (Å²) < 4.78 is 5.60. The van der Waals surface area contributed by atoms with E-state index in [1.165, 1.54) is 6.07 Å². The Labute approximate surface area is 206 Å². The van der Waals surface area contributed by atoms with Crippen LogP contribution in [-0.2, 0) is 20.8 Å². The topological polar surface area (TPSA) is 167 Å². The van der Waals surface area contributed by atoms with Crippen molar-refractivity contribution in [1.29, 1.82) is 0 Å². The minimum atomic E-state index is -2.57. The Kier molecular flexibility index (Phi) is 5.40. The second-order valence-corrected chi connectivity index (χ2v) is 9.35. The molecule has 0 bridgehead atoms. The quantitative estimate of drug-likeness (QED) is 0.407. The Balaban J connectivity index is 1.68. The van der Waals surface area contributed by atoms with Crippen LogP contribution in [0.2, 0.25) is 0 Å².